The molecule has 0 radical (unpaired) electrons. The van der Waals surface area contributed by atoms with Gasteiger partial charge >= 0.3 is 0 Å². The van der Waals surface area contributed by atoms with Crippen molar-refractivity contribution in [3.8, 4) is 0 Å². The van der Waals surface area contributed by atoms with Gasteiger partial charge in [0.05, 0.1) is 6.04 Å². The Balaban J connectivity index is 2.78. The molecule has 0 heterocycles. The summed E-state index contributed by atoms with van der Waals surface area (Å²) in [5.74, 6) is 0.243. The lowest BCUT2D eigenvalue weighted by Crippen LogP contribution is -2.48. The Hall–Kier alpha value is -1.35. The van der Waals surface area contributed by atoms with E-state index in [9.17, 15) is 4.79 Å². The van der Waals surface area contributed by atoms with E-state index in [1.54, 1.807) is 4.90 Å². The molecule has 0 aromatic heterocycles. The normalized spacial score (nSPS) is 14.6. The van der Waals surface area contributed by atoms with Gasteiger partial charge in [0, 0.05) is 19.0 Å². The van der Waals surface area contributed by atoms with Crippen LogP contribution in [-0.2, 0) is 10.2 Å². The van der Waals surface area contributed by atoms with E-state index >= 15 is 0 Å². The molecule has 0 saturated carbocycles. The van der Waals surface area contributed by atoms with Gasteiger partial charge in [-0.1, -0.05) is 63.9 Å². The van der Waals surface area contributed by atoms with Gasteiger partial charge in [-0.3, -0.25) is 4.79 Å². The molecule has 21 heavy (non-hydrogen) atoms. The molecule has 1 amide bonds. The smallest absolute Gasteiger partial charge is 0.239 e. The van der Waals surface area contributed by atoms with E-state index in [0.717, 1.165) is 6.42 Å². The molecule has 118 valence electrons. The predicted octanol–water partition coefficient (Wildman–Crippen LogP) is 3.10. The summed E-state index contributed by atoms with van der Waals surface area (Å²) in [7, 11) is 1.85. The third-order valence-electron chi connectivity index (χ3n) is 4.38. The minimum absolute atomic E-state index is 0.0320. The van der Waals surface area contributed by atoms with Crippen LogP contribution in [0, 0.1) is 12.8 Å². The number of nitrogens with two attached hydrogens (primary N) is 1. The first-order valence-electron chi connectivity index (χ1n) is 7.76. The molecule has 0 aliphatic heterocycles. The monoisotopic (exact) mass is 290 g/mol. The molecule has 0 aliphatic rings. The quantitative estimate of drug-likeness (QED) is 0.875. The van der Waals surface area contributed by atoms with Gasteiger partial charge in [-0.25, -0.2) is 0 Å². The summed E-state index contributed by atoms with van der Waals surface area (Å²) < 4.78 is 0. The standard InChI is InChI=1S/C18H30N2O/c1-7-14(3)16(19)17(21)20(6)12-18(4,5)15-10-8-13(2)9-11-15/h8-11,14,16H,7,12,19H2,1-6H3. The third kappa shape index (κ3) is 4.57. The second-order valence-corrected chi connectivity index (χ2v) is 6.86. The van der Waals surface area contributed by atoms with Crippen LogP contribution in [0.1, 0.15) is 45.2 Å². The molecule has 0 saturated heterocycles. The van der Waals surface area contributed by atoms with E-state index in [2.05, 4.69) is 52.0 Å². The maximum atomic E-state index is 12.4. The molecule has 2 unspecified atom stereocenters. The number of hydrogen-bond donors (Lipinski definition) is 1. The van der Waals surface area contributed by atoms with Crippen LogP contribution in [0.25, 0.3) is 0 Å². The van der Waals surface area contributed by atoms with E-state index in [0.29, 0.717) is 6.54 Å². The molecule has 1 aromatic rings. The molecule has 3 heteroatoms. The van der Waals surface area contributed by atoms with Gasteiger partial charge in [0.15, 0.2) is 0 Å². The van der Waals surface area contributed by atoms with Crippen LogP contribution in [0.3, 0.4) is 0 Å². The van der Waals surface area contributed by atoms with Crippen molar-refractivity contribution in [1.82, 2.24) is 4.90 Å². The lowest BCUT2D eigenvalue weighted by Gasteiger charge is -2.33. The summed E-state index contributed by atoms with van der Waals surface area (Å²) in [6.45, 7) is 11.2. The van der Waals surface area contributed by atoms with Crippen molar-refractivity contribution in [1.29, 1.82) is 0 Å². The van der Waals surface area contributed by atoms with E-state index in [1.807, 2.05) is 14.0 Å². The summed E-state index contributed by atoms with van der Waals surface area (Å²) in [5.41, 5.74) is 8.46. The van der Waals surface area contributed by atoms with Gasteiger partial charge in [-0.2, -0.15) is 0 Å². The molecule has 1 rings (SSSR count). The molecular formula is C18H30N2O. The summed E-state index contributed by atoms with van der Waals surface area (Å²) in [6, 6.07) is 8.10. The average molecular weight is 290 g/mol. The van der Waals surface area contributed by atoms with Crippen molar-refractivity contribution >= 4 is 5.91 Å². The Kier molecular flexibility index (Phi) is 5.97. The van der Waals surface area contributed by atoms with Crippen molar-refractivity contribution in [3.05, 3.63) is 35.4 Å². The molecule has 0 spiro atoms. The third-order valence-corrected chi connectivity index (χ3v) is 4.38. The number of benzene rings is 1. The Morgan fingerprint density at radius 2 is 1.81 bits per heavy atom. The fourth-order valence-corrected chi connectivity index (χ4v) is 2.52. The average Bonchev–Trinajstić information content (AvgIpc) is 2.44. The first-order chi connectivity index (χ1) is 9.69. The Labute approximate surface area is 129 Å². The van der Waals surface area contributed by atoms with E-state index in [-0.39, 0.29) is 17.2 Å². The van der Waals surface area contributed by atoms with Crippen molar-refractivity contribution < 1.29 is 4.79 Å². The van der Waals surface area contributed by atoms with Crippen LogP contribution in [-0.4, -0.2) is 30.4 Å². The van der Waals surface area contributed by atoms with Crippen molar-refractivity contribution in [2.24, 2.45) is 11.7 Å². The van der Waals surface area contributed by atoms with Crippen molar-refractivity contribution in [2.45, 2.75) is 52.5 Å². The number of rotatable bonds is 6. The zero-order valence-electron chi connectivity index (χ0n) is 14.3. The molecule has 0 bridgehead atoms. The summed E-state index contributed by atoms with van der Waals surface area (Å²) >= 11 is 0. The SMILES string of the molecule is CCC(C)C(N)C(=O)N(C)CC(C)(C)c1ccc(C)cc1. The fourth-order valence-electron chi connectivity index (χ4n) is 2.52. The highest BCUT2D eigenvalue weighted by Crippen LogP contribution is 2.25. The minimum atomic E-state index is -0.409. The molecule has 0 fully saturated rings. The van der Waals surface area contributed by atoms with Crippen molar-refractivity contribution in [2.75, 3.05) is 13.6 Å². The van der Waals surface area contributed by atoms with Gasteiger partial charge in [0.2, 0.25) is 5.91 Å². The zero-order valence-corrected chi connectivity index (χ0v) is 14.3. The lowest BCUT2D eigenvalue weighted by molar-refractivity contribution is -0.133. The van der Waals surface area contributed by atoms with Gasteiger partial charge in [0.25, 0.3) is 0 Å². The van der Waals surface area contributed by atoms with Gasteiger partial charge in [-0.05, 0) is 18.4 Å². The fraction of sp³-hybridized carbons (Fsp3) is 0.611. The van der Waals surface area contributed by atoms with Gasteiger partial charge in [-0.15, -0.1) is 0 Å². The molecule has 0 aliphatic carbocycles. The Morgan fingerprint density at radius 3 is 2.29 bits per heavy atom. The number of amides is 1. The second-order valence-electron chi connectivity index (χ2n) is 6.86. The molecule has 2 atom stereocenters. The Morgan fingerprint density at radius 1 is 1.29 bits per heavy atom. The van der Waals surface area contributed by atoms with E-state index < -0.39 is 6.04 Å². The zero-order chi connectivity index (χ0) is 16.2. The van der Waals surface area contributed by atoms with Crippen molar-refractivity contribution in [3.63, 3.8) is 0 Å². The predicted molar refractivity (Wildman–Crippen MR) is 89.3 cm³/mol. The van der Waals surface area contributed by atoms with Crippen LogP contribution < -0.4 is 5.73 Å². The summed E-state index contributed by atoms with van der Waals surface area (Å²) in [6.07, 6.45) is 0.919. The van der Waals surface area contributed by atoms with Gasteiger partial charge < -0.3 is 10.6 Å². The van der Waals surface area contributed by atoms with Crippen LogP contribution in [0.15, 0.2) is 24.3 Å². The summed E-state index contributed by atoms with van der Waals surface area (Å²) in [5, 5.41) is 0. The van der Waals surface area contributed by atoms with E-state index in [1.165, 1.54) is 11.1 Å². The highest BCUT2D eigenvalue weighted by atomic mass is 16.2. The maximum absolute atomic E-state index is 12.4. The van der Waals surface area contributed by atoms with E-state index in [4.69, 9.17) is 5.73 Å². The first-order valence-corrected chi connectivity index (χ1v) is 7.76. The molecule has 3 nitrogen and oxygen atoms in total. The molecule has 1 aromatic carbocycles. The van der Waals surface area contributed by atoms with Gasteiger partial charge in [0.1, 0.15) is 0 Å². The molecule has 2 N–H and O–H groups in total. The molecular weight excluding hydrogens is 260 g/mol. The van der Waals surface area contributed by atoms with Crippen LogP contribution in [0.2, 0.25) is 0 Å². The Bertz CT molecular complexity index is 465. The van der Waals surface area contributed by atoms with Crippen LogP contribution >= 0.6 is 0 Å². The highest BCUT2D eigenvalue weighted by Gasteiger charge is 2.28. The summed E-state index contributed by atoms with van der Waals surface area (Å²) in [4.78, 5) is 14.2. The maximum Gasteiger partial charge on any atom is 0.239 e. The van der Waals surface area contributed by atoms with Crippen LogP contribution in [0.4, 0.5) is 0 Å². The number of aryl methyl sites for hydroxylation is 1. The topological polar surface area (TPSA) is 46.3 Å². The number of nitrogens with zero attached hydrogens (tertiary/aromatic N) is 1. The number of carbonyl (C=O) groups is 1. The highest BCUT2D eigenvalue weighted by molar-refractivity contribution is 5.81. The number of hydrogen-bond acceptors (Lipinski definition) is 2. The van der Waals surface area contributed by atoms with Crippen LogP contribution in [0.5, 0.6) is 0 Å². The second kappa shape index (κ2) is 7.08. The minimum Gasteiger partial charge on any atom is -0.344 e. The number of likely N-dealkylation sites (N-methyl/N-ethyl adjacent to an activating group) is 1. The lowest BCUT2D eigenvalue weighted by atomic mass is 9.83. The first kappa shape index (κ1) is 17.7. The largest absolute Gasteiger partial charge is 0.344 e. The number of carbonyl (C=O) groups excluding carboxylic acids is 1.